The zero-order valence-electron chi connectivity index (χ0n) is 11.9. The maximum Gasteiger partial charge on any atom is 0.303 e. The van der Waals surface area contributed by atoms with Gasteiger partial charge in [0.25, 0.3) is 0 Å². The molecule has 0 unspecified atom stereocenters. The lowest BCUT2D eigenvalue weighted by atomic mass is 10.1. The van der Waals surface area contributed by atoms with Crippen LogP contribution in [0.25, 0.3) is 0 Å². The molecule has 1 rings (SSSR count). The number of aliphatic carboxylic acids is 1. The molecule has 4 heteroatoms. The third-order valence-corrected chi connectivity index (χ3v) is 3.04. The van der Waals surface area contributed by atoms with Crippen LogP contribution in [0.1, 0.15) is 55.8 Å². The highest BCUT2D eigenvalue weighted by Gasteiger charge is 2.01. The molecule has 0 saturated heterocycles. The lowest BCUT2D eigenvalue weighted by Gasteiger charge is -2.07. The summed E-state index contributed by atoms with van der Waals surface area (Å²) in [5.41, 5.74) is 0.663. The Bertz CT molecular complexity index is 440. The van der Waals surface area contributed by atoms with Crippen molar-refractivity contribution >= 4 is 11.8 Å². The maximum absolute atomic E-state index is 11.2. The van der Waals surface area contributed by atoms with Gasteiger partial charge in [0.15, 0.2) is 5.78 Å². The Morgan fingerprint density at radius 2 is 1.80 bits per heavy atom. The summed E-state index contributed by atoms with van der Waals surface area (Å²) in [6.45, 7) is 2.16. The summed E-state index contributed by atoms with van der Waals surface area (Å²) in [5.74, 6) is 0.0381. The lowest BCUT2D eigenvalue weighted by molar-refractivity contribution is -0.137. The second-order valence-corrected chi connectivity index (χ2v) is 4.84. The molecule has 110 valence electrons. The van der Waals surface area contributed by atoms with E-state index < -0.39 is 5.97 Å². The number of hydrogen-bond donors (Lipinski definition) is 1. The van der Waals surface area contributed by atoms with Gasteiger partial charge in [-0.25, -0.2) is 0 Å². The van der Waals surface area contributed by atoms with Crippen molar-refractivity contribution in [3.05, 3.63) is 29.8 Å². The van der Waals surface area contributed by atoms with E-state index in [2.05, 4.69) is 0 Å². The van der Waals surface area contributed by atoms with E-state index in [9.17, 15) is 9.59 Å². The van der Waals surface area contributed by atoms with Crippen molar-refractivity contribution in [3.8, 4) is 5.75 Å². The van der Waals surface area contributed by atoms with Gasteiger partial charge in [-0.3, -0.25) is 9.59 Å². The third kappa shape index (κ3) is 6.92. The van der Waals surface area contributed by atoms with Gasteiger partial charge in [0.05, 0.1) is 6.61 Å². The Balaban J connectivity index is 2.11. The van der Waals surface area contributed by atoms with E-state index in [0.717, 1.165) is 37.9 Å². The van der Waals surface area contributed by atoms with Crippen LogP contribution in [0.4, 0.5) is 0 Å². The van der Waals surface area contributed by atoms with Crippen LogP contribution >= 0.6 is 0 Å². The number of hydrogen-bond acceptors (Lipinski definition) is 3. The number of ether oxygens (including phenoxy) is 1. The molecule has 0 radical (unpaired) electrons. The van der Waals surface area contributed by atoms with Gasteiger partial charge < -0.3 is 9.84 Å². The largest absolute Gasteiger partial charge is 0.494 e. The molecule has 0 aromatic heterocycles. The Morgan fingerprint density at radius 1 is 1.10 bits per heavy atom. The van der Waals surface area contributed by atoms with Crippen molar-refractivity contribution in [2.45, 2.75) is 45.4 Å². The van der Waals surface area contributed by atoms with Gasteiger partial charge in [-0.1, -0.05) is 31.4 Å². The highest BCUT2D eigenvalue weighted by atomic mass is 16.5. The van der Waals surface area contributed by atoms with Crippen LogP contribution in [-0.2, 0) is 4.79 Å². The van der Waals surface area contributed by atoms with Crippen LogP contribution < -0.4 is 4.74 Å². The molecule has 0 atom stereocenters. The minimum atomic E-state index is -0.723. The molecular formula is C16H22O4. The number of benzene rings is 1. The van der Waals surface area contributed by atoms with Gasteiger partial charge in [0.1, 0.15) is 5.75 Å². The Labute approximate surface area is 119 Å². The molecule has 0 saturated carbocycles. The van der Waals surface area contributed by atoms with E-state index in [1.54, 1.807) is 12.1 Å². The number of carbonyl (C=O) groups is 2. The van der Waals surface area contributed by atoms with Crippen LogP contribution in [0.5, 0.6) is 5.75 Å². The van der Waals surface area contributed by atoms with Crippen molar-refractivity contribution in [1.82, 2.24) is 0 Å². The van der Waals surface area contributed by atoms with Crippen LogP contribution in [0, 0.1) is 0 Å². The first kappa shape index (κ1) is 16.2. The highest BCUT2D eigenvalue weighted by molar-refractivity contribution is 5.94. The van der Waals surface area contributed by atoms with Gasteiger partial charge in [0, 0.05) is 12.0 Å². The first-order chi connectivity index (χ1) is 9.59. The van der Waals surface area contributed by atoms with Gasteiger partial charge >= 0.3 is 5.97 Å². The quantitative estimate of drug-likeness (QED) is 0.523. The summed E-state index contributed by atoms with van der Waals surface area (Å²) >= 11 is 0. The summed E-state index contributed by atoms with van der Waals surface area (Å²) in [4.78, 5) is 21.5. The second-order valence-electron chi connectivity index (χ2n) is 4.84. The van der Waals surface area contributed by atoms with E-state index >= 15 is 0 Å². The lowest BCUT2D eigenvalue weighted by Crippen LogP contribution is -1.99. The molecule has 20 heavy (non-hydrogen) atoms. The standard InChI is InChI=1S/C16H22O4/c1-13(17)14-8-7-9-15(12-14)20-11-6-4-2-3-5-10-16(18)19/h7-9,12H,2-6,10-11H2,1H3,(H,18,19). The molecule has 4 nitrogen and oxygen atoms in total. The molecule has 0 aliphatic carbocycles. The monoisotopic (exact) mass is 278 g/mol. The first-order valence-electron chi connectivity index (χ1n) is 7.05. The SMILES string of the molecule is CC(=O)c1cccc(OCCCCCCCC(=O)O)c1. The second kappa shape index (κ2) is 9.13. The topological polar surface area (TPSA) is 63.6 Å². The molecule has 0 bridgehead atoms. The number of rotatable bonds is 10. The summed E-state index contributed by atoms with van der Waals surface area (Å²) in [6.07, 6.45) is 4.96. The van der Waals surface area contributed by atoms with E-state index in [1.165, 1.54) is 6.92 Å². The van der Waals surface area contributed by atoms with Gasteiger partial charge in [-0.15, -0.1) is 0 Å². The van der Waals surface area contributed by atoms with E-state index in [1.807, 2.05) is 12.1 Å². The van der Waals surface area contributed by atoms with Crippen molar-refractivity contribution in [3.63, 3.8) is 0 Å². The average molecular weight is 278 g/mol. The molecule has 1 N–H and O–H groups in total. The fourth-order valence-electron chi connectivity index (χ4n) is 1.90. The normalized spacial score (nSPS) is 10.2. The number of Topliss-reactive ketones (excluding diaryl/α,β-unsaturated/α-hetero) is 1. The molecule has 0 heterocycles. The number of carboxylic acid groups (broad SMARTS) is 1. The summed E-state index contributed by atoms with van der Waals surface area (Å²) in [6, 6.07) is 7.20. The summed E-state index contributed by atoms with van der Waals surface area (Å²) in [7, 11) is 0. The van der Waals surface area contributed by atoms with Gasteiger partial charge in [-0.05, 0) is 31.9 Å². The minimum Gasteiger partial charge on any atom is -0.494 e. The molecule has 0 amide bonds. The minimum absolute atomic E-state index is 0.0360. The Hall–Kier alpha value is -1.84. The summed E-state index contributed by atoms with van der Waals surface area (Å²) in [5, 5.41) is 8.50. The Morgan fingerprint density at radius 3 is 2.50 bits per heavy atom. The molecule has 0 spiro atoms. The predicted octanol–water partition coefficient (Wildman–Crippen LogP) is 3.69. The van der Waals surface area contributed by atoms with E-state index in [0.29, 0.717) is 12.2 Å². The molecule has 1 aromatic carbocycles. The molecular weight excluding hydrogens is 256 g/mol. The van der Waals surface area contributed by atoms with Crippen molar-refractivity contribution in [1.29, 1.82) is 0 Å². The van der Waals surface area contributed by atoms with E-state index in [4.69, 9.17) is 9.84 Å². The number of carbonyl (C=O) groups excluding carboxylic acids is 1. The molecule has 1 aromatic rings. The molecule has 0 aliphatic heterocycles. The fraction of sp³-hybridized carbons (Fsp3) is 0.500. The summed E-state index contributed by atoms with van der Waals surface area (Å²) < 4.78 is 5.60. The smallest absolute Gasteiger partial charge is 0.303 e. The van der Waals surface area contributed by atoms with Gasteiger partial charge in [-0.2, -0.15) is 0 Å². The fourth-order valence-corrected chi connectivity index (χ4v) is 1.90. The predicted molar refractivity (Wildman–Crippen MR) is 77.3 cm³/mol. The van der Waals surface area contributed by atoms with E-state index in [-0.39, 0.29) is 12.2 Å². The van der Waals surface area contributed by atoms with Crippen molar-refractivity contribution in [2.24, 2.45) is 0 Å². The third-order valence-electron chi connectivity index (χ3n) is 3.04. The first-order valence-corrected chi connectivity index (χ1v) is 7.05. The van der Waals surface area contributed by atoms with Crippen LogP contribution in [0.2, 0.25) is 0 Å². The van der Waals surface area contributed by atoms with Crippen LogP contribution in [-0.4, -0.2) is 23.5 Å². The highest BCUT2D eigenvalue weighted by Crippen LogP contribution is 2.14. The molecule has 0 fully saturated rings. The number of ketones is 1. The van der Waals surface area contributed by atoms with Gasteiger partial charge in [0.2, 0.25) is 0 Å². The van der Waals surface area contributed by atoms with Crippen molar-refractivity contribution < 1.29 is 19.4 Å². The number of carboxylic acids is 1. The van der Waals surface area contributed by atoms with Crippen molar-refractivity contribution in [2.75, 3.05) is 6.61 Å². The Kier molecular flexibility index (Phi) is 7.40. The average Bonchev–Trinajstić information content (AvgIpc) is 2.41. The molecule has 0 aliphatic rings. The van der Waals surface area contributed by atoms with Crippen LogP contribution in [0.3, 0.4) is 0 Å². The zero-order valence-corrected chi connectivity index (χ0v) is 11.9. The zero-order chi connectivity index (χ0) is 14.8. The number of unbranched alkanes of at least 4 members (excludes halogenated alkanes) is 4. The van der Waals surface area contributed by atoms with Crippen LogP contribution in [0.15, 0.2) is 24.3 Å². The maximum atomic E-state index is 11.2.